The number of fused-ring (bicyclic) bond motifs is 1. The third-order valence-electron chi connectivity index (χ3n) is 2.10. The molecule has 0 N–H and O–H groups in total. The van der Waals surface area contributed by atoms with Gasteiger partial charge in [-0.3, -0.25) is 0 Å². The quantitative estimate of drug-likeness (QED) is 0.631. The van der Waals surface area contributed by atoms with Gasteiger partial charge >= 0.3 is 6.18 Å². The molecular formula is C10H7F3O. The zero-order valence-electron chi connectivity index (χ0n) is 7.35. The smallest absolute Gasteiger partial charge is 0.416 e. The molecule has 1 aromatic carbocycles. The highest BCUT2D eigenvalue weighted by molar-refractivity contribution is 5.81. The molecule has 0 aliphatic heterocycles. The Balaban J connectivity index is 2.63. The van der Waals surface area contributed by atoms with Crippen LogP contribution in [-0.2, 0) is 6.18 Å². The second kappa shape index (κ2) is 2.77. The van der Waals surface area contributed by atoms with Crippen LogP contribution in [0.3, 0.4) is 0 Å². The van der Waals surface area contributed by atoms with Gasteiger partial charge in [-0.2, -0.15) is 13.2 Å². The Labute approximate surface area is 78.1 Å². The molecule has 14 heavy (non-hydrogen) atoms. The maximum atomic E-state index is 12.3. The van der Waals surface area contributed by atoms with E-state index in [9.17, 15) is 13.2 Å². The molecule has 0 atom stereocenters. The summed E-state index contributed by atoms with van der Waals surface area (Å²) in [7, 11) is 0. The summed E-state index contributed by atoms with van der Waals surface area (Å²) in [5.41, 5.74) is 0.436. The van der Waals surface area contributed by atoms with E-state index >= 15 is 0 Å². The number of rotatable bonds is 0. The summed E-state index contributed by atoms with van der Waals surface area (Å²) >= 11 is 0. The van der Waals surface area contributed by atoms with Crippen LogP contribution < -0.4 is 0 Å². The van der Waals surface area contributed by atoms with E-state index < -0.39 is 11.7 Å². The molecule has 0 aliphatic rings. The Morgan fingerprint density at radius 3 is 2.57 bits per heavy atom. The first-order valence-corrected chi connectivity index (χ1v) is 4.03. The zero-order valence-corrected chi connectivity index (χ0v) is 7.35. The molecule has 0 saturated carbocycles. The molecule has 2 rings (SSSR count). The van der Waals surface area contributed by atoms with E-state index in [-0.39, 0.29) is 5.58 Å². The van der Waals surface area contributed by atoms with E-state index in [0.29, 0.717) is 0 Å². The number of furan rings is 1. The topological polar surface area (TPSA) is 13.1 Å². The summed E-state index contributed by atoms with van der Waals surface area (Å²) in [5, 5.41) is 0.720. The van der Waals surface area contributed by atoms with Crippen molar-refractivity contribution in [3.05, 3.63) is 35.6 Å². The third-order valence-corrected chi connectivity index (χ3v) is 2.10. The summed E-state index contributed by atoms with van der Waals surface area (Å²) in [4.78, 5) is 0. The van der Waals surface area contributed by atoms with E-state index in [1.807, 2.05) is 0 Å². The summed E-state index contributed by atoms with van der Waals surface area (Å²) in [5.74, 6) is 0. The van der Waals surface area contributed by atoms with E-state index in [2.05, 4.69) is 0 Å². The number of aryl methyl sites for hydroxylation is 1. The van der Waals surface area contributed by atoms with Gasteiger partial charge in [0, 0.05) is 5.39 Å². The summed E-state index contributed by atoms with van der Waals surface area (Å²) in [6.07, 6.45) is -2.86. The van der Waals surface area contributed by atoms with Gasteiger partial charge in [-0.05, 0) is 24.6 Å². The van der Waals surface area contributed by atoms with E-state index in [0.717, 1.165) is 23.1 Å². The monoisotopic (exact) mass is 200 g/mol. The standard InChI is InChI=1S/C10H7F3O/c1-6-5-14-9-4-7(10(11,12)13)2-3-8(6)9/h2-5H,1H3. The second-order valence-corrected chi connectivity index (χ2v) is 3.13. The molecule has 0 aliphatic carbocycles. The van der Waals surface area contributed by atoms with Crippen molar-refractivity contribution in [2.45, 2.75) is 13.1 Å². The Bertz CT molecular complexity index is 468. The van der Waals surface area contributed by atoms with Crippen LogP contribution >= 0.6 is 0 Å². The fraction of sp³-hybridized carbons (Fsp3) is 0.200. The van der Waals surface area contributed by atoms with Crippen molar-refractivity contribution in [2.75, 3.05) is 0 Å². The van der Waals surface area contributed by atoms with Crippen LogP contribution in [0.1, 0.15) is 11.1 Å². The maximum absolute atomic E-state index is 12.3. The molecule has 0 bridgehead atoms. The lowest BCUT2D eigenvalue weighted by Gasteiger charge is -2.05. The van der Waals surface area contributed by atoms with E-state index in [1.54, 1.807) is 6.92 Å². The molecule has 4 heteroatoms. The normalized spacial score (nSPS) is 12.3. The van der Waals surface area contributed by atoms with Crippen LogP contribution in [0.4, 0.5) is 13.2 Å². The van der Waals surface area contributed by atoms with Gasteiger partial charge in [-0.15, -0.1) is 0 Å². The van der Waals surface area contributed by atoms with Gasteiger partial charge in [0.15, 0.2) is 0 Å². The van der Waals surface area contributed by atoms with Gasteiger partial charge in [-0.1, -0.05) is 6.07 Å². The Hall–Kier alpha value is -1.45. The van der Waals surface area contributed by atoms with Crippen molar-refractivity contribution in [2.24, 2.45) is 0 Å². The number of benzene rings is 1. The first-order chi connectivity index (χ1) is 6.48. The Morgan fingerprint density at radius 1 is 1.21 bits per heavy atom. The van der Waals surface area contributed by atoms with Crippen LogP contribution in [0.5, 0.6) is 0 Å². The maximum Gasteiger partial charge on any atom is 0.416 e. The highest BCUT2D eigenvalue weighted by Gasteiger charge is 2.30. The minimum absolute atomic E-state index is 0.275. The van der Waals surface area contributed by atoms with Crippen LogP contribution in [0.25, 0.3) is 11.0 Å². The molecule has 0 saturated heterocycles. The largest absolute Gasteiger partial charge is 0.464 e. The van der Waals surface area contributed by atoms with Gasteiger partial charge in [0.1, 0.15) is 5.58 Å². The average molecular weight is 200 g/mol. The van der Waals surface area contributed by atoms with Crippen LogP contribution in [0.15, 0.2) is 28.9 Å². The van der Waals surface area contributed by atoms with Crippen molar-refractivity contribution < 1.29 is 17.6 Å². The Kier molecular flexibility index (Phi) is 1.80. The molecule has 1 nitrogen and oxygen atoms in total. The second-order valence-electron chi connectivity index (χ2n) is 3.13. The lowest BCUT2D eigenvalue weighted by Crippen LogP contribution is -2.03. The van der Waals surface area contributed by atoms with Crippen LogP contribution in [0.2, 0.25) is 0 Å². The van der Waals surface area contributed by atoms with Crippen LogP contribution in [-0.4, -0.2) is 0 Å². The van der Waals surface area contributed by atoms with Gasteiger partial charge in [0.2, 0.25) is 0 Å². The third kappa shape index (κ3) is 1.36. The van der Waals surface area contributed by atoms with Crippen molar-refractivity contribution >= 4 is 11.0 Å². The van der Waals surface area contributed by atoms with Gasteiger partial charge in [0.25, 0.3) is 0 Å². The molecule has 0 amide bonds. The highest BCUT2D eigenvalue weighted by Crippen LogP contribution is 2.32. The van der Waals surface area contributed by atoms with Crippen LogP contribution in [0, 0.1) is 6.92 Å². The molecule has 0 unspecified atom stereocenters. The predicted molar refractivity (Wildman–Crippen MR) is 46.0 cm³/mol. The first-order valence-electron chi connectivity index (χ1n) is 4.03. The van der Waals surface area contributed by atoms with Crippen molar-refractivity contribution in [3.8, 4) is 0 Å². The van der Waals surface area contributed by atoms with Crippen molar-refractivity contribution in [3.63, 3.8) is 0 Å². The van der Waals surface area contributed by atoms with Crippen molar-refractivity contribution in [1.82, 2.24) is 0 Å². The molecule has 0 radical (unpaired) electrons. The van der Waals surface area contributed by atoms with Gasteiger partial charge < -0.3 is 4.42 Å². The lowest BCUT2D eigenvalue weighted by atomic mass is 10.1. The minimum atomic E-state index is -4.31. The fourth-order valence-corrected chi connectivity index (χ4v) is 1.34. The molecule has 0 fully saturated rings. The first kappa shape index (κ1) is 9.12. The lowest BCUT2D eigenvalue weighted by molar-refractivity contribution is -0.137. The van der Waals surface area contributed by atoms with Gasteiger partial charge in [0.05, 0.1) is 11.8 Å². The molecule has 2 aromatic rings. The number of hydrogen-bond acceptors (Lipinski definition) is 1. The zero-order chi connectivity index (χ0) is 10.3. The molecular weight excluding hydrogens is 193 g/mol. The predicted octanol–water partition coefficient (Wildman–Crippen LogP) is 3.76. The molecule has 1 heterocycles. The van der Waals surface area contributed by atoms with E-state index in [4.69, 9.17) is 4.42 Å². The van der Waals surface area contributed by atoms with E-state index in [1.165, 1.54) is 12.3 Å². The number of alkyl halides is 3. The number of hydrogen-bond donors (Lipinski definition) is 0. The minimum Gasteiger partial charge on any atom is -0.464 e. The molecule has 0 spiro atoms. The summed E-state index contributed by atoms with van der Waals surface area (Å²) in [6.45, 7) is 1.79. The highest BCUT2D eigenvalue weighted by atomic mass is 19.4. The van der Waals surface area contributed by atoms with Crippen molar-refractivity contribution in [1.29, 1.82) is 0 Å². The summed E-state index contributed by atoms with van der Waals surface area (Å²) in [6, 6.07) is 3.50. The fourth-order valence-electron chi connectivity index (χ4n) is 1.34. The molecule has 74 valence electrons. The Morgan fingerprint density at radius 2 is 1.93 bits per heavy atom. The molecule has 1 aromatic heterocycles. The summed E-state index contributed by atoms with van der Waals surface area (Å²) < 4.78 is 41.8. The number of halogens is 3. The average Bonchev–Trinajstić information content (AvgIpc) is 2.46. The SMILES string of the molecule is Cc1coc2cc(C(F)(F)F)ccc12. The van der Waals surface area contributed by atoms with Gasteiger partial charge in [-0.25, -0.2) is 0 Å².